The molecule has 2 fully saturated rings. The maximum Gasteiger partial charge on any atom is 0.128 e. The molecular formula is C12H20ClN5. The van der Waals surface area contributed by atoms with Crippen molar-refractivity contribution in [1.82, 2.24) is 24.7 Å². The topological polar surface area (TPSA) is 36.3 Å². The average Bonchev–Trinajstić information content (AvgIpc) is 2.61. The quantitative estimate of drug-likeness (QED) is 0.848. The summed E-state index contributed by atoms with van der Waals surface area (Å²) in [5.74, 6) is 1.05. The highest BCUT2D eigenvalue weighted by Gasteiger charge is 2.27. The molecule has 2 saturated heterocycles. The molecular weight excluding hydrogens is 250 g/mol. The van der Waals surface area contributed by atoms with Crippen LogP contribution in [-0.4, -0.2) is 64.7 Å². The van der Waals surface area contributed by atoms with Crippen molar-refractivity contribution in [2.75, 3.05) is 39.3 Å². The fourth-order valence-corrected chi connectivity index (χ4v) is 2.74. The lowest BCUT2D eigenvalue weighted by Crippen LogP contribution is -2.61. The van der Waals surface area contributed by atoms with E-state index in [9.17, 15) is 0 Å². The Morgan fingerprint density at radius 1 is 1.33 bits per heavy atom. The summed E-state index contributed by atoms with van der Waals surface area (Å²) >= 11 is 6.00. The van der Waals surface area contributed by atoms with E-state index in [0.717, 1.165) is 44.6 Å². The summed E-state index contributed by atoms with van der Waals surface area (Å²) in [4.78, 5) is 9.41. The lowest BCUT2D eigenvalue weighted by Gasteiger charge is -2.43. The van der Waals surface area contributed by atoms with Gasteiger partial charge in [0.25, 0.3) is 0 Å². The first-order valence-corrected chi connectivity index (χ1v) is 6.95. The van der Waals surface area contributed by atoms with E-state index in [4.69, 9.17) is 11.6 Å². The second kappa shape index (κ2) is 5.17. The van der Waals surface area contributed by atoms with Crippen molar-refractivity contribution in [1.29, 1.82) is 0 Å². The molecule has 0 unspecified atom stereocenters. The minimum atomic E-state index is 0.712. The first-order valence-electron chi connectivity index (χ1n) is 6.57. The summed E-state index contributed by atoms with van der Waals surface area (Å²) in [5.41, 5.74) is 0. The van der Waals surface area contributed by atoms with Crippen LogP contribution in [0.15, 0.2) is 6.20 Å². The molecule has 1 aromatic heterocycles. The summed E-state index contributed by atoms with van der Waals surface area (Å²) in [5, 5.41) is 4.05. The van der Waals surface area contributed by atoms with Gasteiger partial charge in [0.15, 0.2) is 0 Å². The molecule has 6 heteroatoms. The number of nitrogens with zero attached hydrogens (tertiary/aromatic N) is 4. The first-order chi connectivity index (χ1) is 8.74. The van der Waals surface area contributed by atoms with Crippen LogP contribution in [0.1, 0.15) is 5.82 Å². The van der Waals surface area contributed by atoms with Gasteiger partial charge in [0, 0.05) is 52.4 Å². The lowest BCUT2D eigenvalue weighted by molar-refractivity contribution is 0.0680. The van der Waals surface area contributed by atoms with Gasteiger partial charge < -0.3 is 9.88 Å². The Morgan fingerprint density at radius 2 is 2.06 bits per heavy atom. The van der Waals surface area contributed by atoms with E-state index in [2.05, 4.69) is 20.1 Å². The normalized spacial score (nSPS) is 23.2. The second-order valence-corrected chi connectivity index (χ2v) is 5.57. The summed E-state index contributed by atoms with van der Waals surface area (Å²) in [6.07, 6.45) is 1.73. The Balaban J connectivity index is 1.52. The molecule has 3 heterocycles. The van der Waals surface area contributed by atoms with E-state index in [1.807, 2.05) is 11.6 Å². The van der Waals surface area contributed by atoms with Crippen LogP contribution >= 0.6 is 11.6 Å². The molecule has 2 aliphatic heterocycles. The first kappa shape index (κ1) is 12.4. The molecule has 0 aliphatic carbocycles. The SMILES string of the molecule is Cn1c(Cl)cnc1CN1CCN(C2CNC2)CC1. The van der Waals surface area contributed by atoms with Crippen LogP contribution < -0.4 is 5.32 Å². The molecule has 0 spiro atoms. The highest BCUT2D eigenvalue weighted by molar-refractivity contribution is 6.29. The van der Waals surface area contributed by atoms with Crippen molar-refractivity contribution in [3.05, 3.63) is 17.2 Å². The maximum atomic E-state index is 6.00. The third kappa shape index (κ3) is 2.40. The molecule has 18 heavy (non-hydrogen) atoms. The van der Waals surface area contributed by atoms with Gasteiger partial charge in [-0.1, -0.05) is 11.6 Å². The van der Waals surface area contributed by atoms with E-state index in [-0.39, 0.29) is 0 Å². The minimum Gasteiger partial charge on any atom is -0.321 e. The molecule has 0 saturated carbocycles. The zero-order chi connectivity index (χ0) is 12.5. The van der Waals surface area contributed by atoms with E-state index >= 15 is 0 Å². The third-order valence-electron chi connectivity index (χ3n) is 4.08. The number of hydrogen-bond acceptors (Lipinski definition) is 4. The van der Waals surface area contributed by atoms with Crippen molar-refractivity contribution < 1.29 is 0 Å². The standard InChI is InChI=1S/C12H20ClN5/c1-16-11(13)8-15-12(16)9-17-2-4-18(5-3-17)10-6-14-7-10/h8,10,14H,2-7,9H2,1H3. The number of halogens is 1. The average molecular weight is 270 g/mol. The van der Waals surface area contributed by atoms with Crippen molar-refractivity contribution in [3.8, 4) is 0 Å². The smallest absolute Gasteiger partial charge is 0.128 e. The molecule has 0 amide bonds. The second-order valence-electron chi connectivity index (χ2n) is 5.18. The van der Waals surface area contributed by atoms with Gasteiger partial charge in [0.2, 0.25) is 0 Å². The van der Waals surface area contributed by atoms with Crippen LogP contribution in [0.5, 0.6) is 0 Å². The molecule has 2 aliphatic rings. The highest BCUT2D eigenvalue weighted by atomic mass is 35.5. The zero-order valence-electron chi connectivity index (χ0n) is 10.8. The molecule has 0 bridgehead atoms. The monoisotopic (exact) mass is 269 g/mol. The van der Waals surface area contributed by atoms with Crippen molar-refractivity contribution >= 4 is 11.6 Å². The number of imidazole rings is 1. The number of rotatable bonds is 3. The lowest BCUT2D eigenvalue weighted by atomic mass is 10.1. The largest absolute Gasteiger partial charge is 0.321 e. The molecule has 5 nitrogen and oxygen atoms in total. The Bertz CT molecular complexity index is 407. The van der Waals surface area contributed by atoms with Crippen LogP contribution in [0, 0.1) is 0 Å². The molecule has 1 aromatic rings. The van der Waals surface area contributed by atoms with Gasteiger partial charge >= 0.3 is 0 Å². The van der Waals surface area contributed by atoms with Gasteiger partial charge in [-0.25, -0.2) is 4.98 Å². The molecule has 0 atom stereocenters. The van der Waals surface area contributed by atoms with Crippen molar-refractivity contribution in [2.24, 2.45) is 7.05 Å². The Morgan fingerprint density at radius 3 is 2.56 bits per heavy atom. The van der Waals surface area contributed by atoms with E-state index < -0.39 is 0 Å². The fourth-order valence-electron chi connectivity index (χ4n) is 2.59. The molecule has 0 radical (unpaired) electrons. The van der Waals surface area contributed by atoms with E-state index in [1.54, 1.807) is 6.20 Å². The summed E-state index contributed by atoms with van der Waals surface area (Å²) in [6.45, 7) is 7.82. The van der Waals surface area contributed by atoms with Crippen molar-refractivity contribution in [2.45, 2.75) is 12.6 Å². The minimum absolute atomic E-state index is 0.712. The van der Waals surface area contributed by atoms with Crippen LogP contribution in [0.4, 0.5) is 0 Å². The Labute approximate surface area is 113 Å². The van der Waals surface area contributed by atoms with Crippen LogP contribution in [-0.2, 0) is 13.6 Å². The predicted molar refractivity (Wildman–Crippen MR) is 71.7 cm³/mol. The number of nitrogens with one attached hydrogen (secondary N) is 1. The van der Waals surface area contributed by atoms with E-state index in [0.29, 0.717) is 5.15 Å². The number of piperazine rings is 1. The highest BCUT2D eigenvalue weighted by Crippen LogP contribution is 2.14. The van der Waals surface area contributed by atoms with Crippen LogP contribution in [0.3, 0.4) is 0 Å². The van der Waals surface area contributed by atoms with Gasteiger partial charge in [-0.3, -0.25) is 9.80 Å². The van der Waals surface area contributed by atoms with Gasteiger partial charge in [-0.05, 0) is 0 Å². The van der Waals surface area contributed by atoms with Crippen LogP contribution in [0.25, 0.3) is 0 Å². The number of hydrogen-bond donors (Lipinski definition) is 1. The Hall–Kier alpha value is -0.620. The van der Waals surface area contributed by atoms with Gasteiger partial charge in [0.05, 0.1) is 12.7 Å². The van der Waals surface area contributed by atoms with Gasteiger partial charge in [0.1, 0.15) is 11.0 Å². The Kier molecular flexibility index (Phi) is 3.56. The van der Waals surface area contributed by atoms with Crippen molar-refractivity contribution in [3.63, 3.8) is 0 Å². The summed E-state index contributed by atoms with van der Waals surface area (Å²) < 4.78 is 1.96. The zero-order valence-corrected chi connectivity index (χ0v) is 11.5. The summed E-state index contributed by atoms with van der Waals surface area (Å²) in [7, 11) is 1.97. The summed E-state index contributed by atoms with van der Waals surface area (Å²) in [6, 6.07) is 0.773. The molecule has 3 rings (SSSR count). The number of aromatic nitrogens is 2. The third-order valence-corrected chi connectivity index (χ3v) is 4.43. The fraction of sp³-hybridized carbons (Fsp3) is 0.750. The van der Waals surface area contributed by atoms with Gasteiger partial charge in [-0.15, -0.1) is 0 Å². The van der Waals surface area contributed by atoms with E-state index in [1.165, 1.54) is 13.1 Å². The van der Waals surface area contributed by atoms with Crippen LogP contribution in [0.2, 0.25) is 5.15 Å². The maximum absolute atomic E-state index is 6.00. The predicted octanol–water partition coefficient (Wildman–Crippen LogP) is 0.163. The van der Waals surface area contributed by atoms with Gasteiger partial charge in [-0.2, -0.15) is 0 Å². The molecule has 100 valence electrons. The molecule has 1 N–H and O–H groups in total. The molecule has 0 aromatic carbocycles.